The molecule has 0 aromatic carbocycles. The predicted molar refractivity (Wildman–Crippen MR) is 85.2 cm³/mol. The van der Waals surface area contributed by atoms with E-state index in [4.69, 9.17) is 51.7 Å². The molecule has 0 aromatic rings. The van der Waals surface area contributed by atoms with Crippen molar-refractivity contribution < 1.29 is 51.1 Å². The summed E-state index contributed by atoms with van der Waals surface area (Å²) in [4.78, 5) is 0. The molecule has 0 aromatic heterocycles. The predicted octanol–water partition coefficient (Wildman–Crippen LogP) is -6.98. The van der Waals surface area contributed by atoms with Gasteiger partial charge in [0.05, 0.1) is 25.4 Å². The van der Waals surface area contributed by atoms with Crippen molar-refractivity contribution in [2.45, 2.75) is 48.8 Å². The van der Waals surface area contributed by atoms with E-state index in [0.717, 1.165) is 0 Å². The Kier molecular flexibility index (Phi) is 15.7. The molecule has 0 aliphatic rings. The van der Waals surface area contributed by atoms with Gasteiger partial charge in [0.1, 0.15) is 36.6 Å². The van der Waals surface area contributed by atoms with Crippen molar-refractivity contribution in [1.29, 1.82) is 0 Å². The largest absolute Gasteiger partial charge is 0.394 e. The summed E-state index contributed by atoms with van der Waals surface area (Å²) in [6, 6.07) is 0. The van der Waals surface area contributed by atoms with Gasteiger partial charge in [-0.1, -0.05) is 0 Å². The first-order chi connectivity index (χ1) is 11.6. The highest BCUT2D eigenvalue weighted by molar-refractivity contribution is 4.81. The van der Waals surface area contributed by atoms with Gasteiger partial charge >= 0.3 is 0 Å². The fourth-order valence-electron chi connectivity index (χ4n) is 1.60. The van der Waals surface area contributed by atoms with E-state index >= 15 is 0 Å². The van der Waals surface area contributed by atoms with Gasteiger partial charge in [-0.2, -0.15) is 0 Å². The Morgan fingerprint density at radius 2 is 0.960 bits per heavy atom. The molecule has 13 N–H and O–H groups in total. The average molecular weight is 376 g/mol. The Labute approximate surface area is 145 Å². The molecule has 12 heteroatoms. The van der Waals surface area contributed by atoms with Gasteiger partial charge in [-0.15, -0.1) is 0 Å². The van der Waals surface area contributed by atoms with E-state index in [1.165, 1.54) is 0 Å². The van der Waals surface area contributed by atoms with E-state index in [-0.39, 0.29) is 13.1 Å². The minimum atomic E-state index is -1.59. The summed E-state index contributed by atoms with van der Waals surface area (Å²) >= 11 is 0. The zero-order valence-corrected chi connectivity index (χ0v) is 14.0. The summed E-state index contributed by atoms with van der Waals surface area (Å²) in [6.45, 7) is -1.48. The summed E-state index contributed by atoms with van der Waals surface area (Å²) in [5.41, 5.74) is 4.99. The normalized spacial score (nSPS) is 21.1. The van der Waals surface area contributed by atoms with Crippen LogP contribution in [0.2, 0.25) is 0 Å². The van der Waals surface area contributed by atoms with Crippen LogP contribution in [0, 0.1) is 0 Å². The lowest BCUT2D eigenvalue weighted by Gasteiger charge is -2.25. The Morgan fingerprint density at radius 1 is 0.640 bits per heavy atom. The van der Waals surface area contributed by atoms with Crippen LogP contribution < -0.4 is 11.1 Å². The fraction of sp³-hybridized carbons (Fsp3) is 1.00. The topological polar surface area (TPSA) is 240 Å². The molecule has 0 aliphatic carbocycles. The first-order valence-corrected chi connectivity index (χ1v) is 7.59. The van der Waals surface area contributed by atoms with E-state index < -0.39 is 62.0 Å². The number of aliphatic hydroxyl groups excluding tert-OH is 10. The van der Waals surface area contributed by atoms with Gasteiger partial charge in [0, 0.05) is 13.1 Å². The maximum atomic E-state index is 9.21. The SMILES string of the molecule is CNC[C@H](O)[C@@H](O)[C@H](O)[C@H](O)CO.NC[C@H](O)[C@@H](O)[C@H](O)[C@H](O)CO. The lowest BCUT2D eigenvalue weighted by atomic mass is 10.0. The van der Waals surface area contributed by atoms with Crippen LogP contribution in [0.5, 0.6) is 0 Å². The number of nitrogens with two attached hydrogens (primary N) is 1. The lowest BCUT2D eigenvalue weighted by molar-refractivity contribution is -0.113. The molecule has 8 atom stereocenters. The maximum Gasteiger partial charge on any atom is 0.111 e. The number of aliphatic hydroxyl groups is 10. The summed E-state index contributed by atoms with van der Waals surface area (Å²) in [6.07, 6.45) is -11.6. The van der Waals surface area contributed by atoms with Crippen molar-refractivity contribution in [2.24, 2.45) is 5.73 Å². The van der Waals surface area contributed by atoms with Crippen molar-refractivity contribution in [3.63, 3.8) is 0 Å². The van der Waals surface area contributed by atoms with Gasteiger partial charge in [-0.25, -0.2) is 0 Å². The minimum Gasteiger partial charge on any atom is -0.394 e. The maximum absolute atomic E-state index is 9.21. The van der Waals surface area contributed by atoms with Crippen LogP contribution in [0.15, 0.2) is 0 Å². The molecule has 0 bridgehead atoms. The molecule has 0 unspecified atom stereocenters. The van der Waals surface area contributed by atoms with Crippen molar-refractivity contribution >= 4 is 0 Å². The average Bonchev–Trinajstić information content (AvgIpc) is 2.63. The highest BCUT2D eigenvalue weighted by Crippen LogP contribution is 2.04. The number of likely N-dealkylation sites (N-methyl/N-ethyl adjacent to an activating group) is 1. The zero-order valence-electron chi connectivity index (χ0n) is 14.0. The Hall–Kier alpha value is -0.480. The van der Waals surface area contributed by atoms with Gasteiger partial charge in [-0.05, 0) is 7.05 Å². The standard InChI is InChI=1S/C7H17NO5.C6H15NO5/c1-8-2-4(10)6(12)7(13)5(11)3-9;7-1-3(9)5(11)6(12)4(10)2-8/h4-13H,2-3H2,1H3;3-6,8-12H,1-2,7H2/t4-,5+,6+,7+;3-,4+,5+,6+/m00/s1. The third kappa shape index (κ3) is 10.3. The molecule has 0 rings (SSSR count). The van der Waals surface area contributed by atoms with E-state index in [1.54, 1.807) is 7.05 Å². The molecule has 0 heterocycles. The van der Waals surface area contributed by atoms with Crippen molar-refractivity contribution in [3.8, 4) is 0 Å². The third-order valence-electron chi connectivity index (χ3n) is 3.31. The minimum absolute atomic E-state index is 0.0936. The molecule has 12 nitrogen and oxygen atoms in total. The van der Waals surface area contributed by atoms with Gasteiger partial charge < -0.3 is 62.1 Å². The smallest absolute Gasteiger partial charge is 0.111 e. The van der Waals surface area contributed by atoms with Gasteiger partial charge in [0.15, 0.2) is 0 Å². The van der Waals surface area contributed by atoms with Gasteiger partial charge in [0.2, 0.25) is 0 Å². The van der Waals surface area contributed by atoms with Crippen molar-refractivity contribution in [2.75, 3.05) is 33.4 Å². The number of nitrogens with one attached hydrogen (secondary N) is 1. The first kappa shape index (κ1) is 26.7. The Morgan fingerprint density at radius 3 is 1.24 bits per heavy atom. The highest BCUT2D eigenvalue weighted by atomic mass is 16.4. The van der Waals surface area contributed by atoms with Crippen LogP contribution in [0.25, 0.3) is 0 Å². The van der Waals surface area contributed by atoms with Crippen LogP contribution in [0.1, 0.15) is 0 Å². The van der Waals surface area contributed by atoms with Crippen LogP contribution in [0.3, 0.4) is 0 Å². The zero-order chi connectivity index (χ0) is 20.2. The van der Waals surface area contributed by atoms with E-state index in [9.17, 15) is 5.11 Å². The number of hydrogen-bond donors (Lipinski definition) is 12. The fourth-order valence-corrected chi connectivity index (χ4v) is 1.60. The quantitative estimate of drug-likeness (QED) is 0.161. The summed E-state index contributed by atoms with van der Waals surface area (Å²) in [5.74, 6) is 0. The molecule has 0 aliphatic heterocycles. The molecule has 0 radical (unpaired) electrons. The van der Waals surface area contributed by atoms with E-state index in [1.807, 2.05) is 0 Å². The van der Waals surface area contributed by atoms with E-state index in [0.29, 0.717) is 0 Å². The van der Waals surface area contributed by atoms with Crippen molar-refractivity contribution in [3.05, 3.63) is 0 Å². The lowest BCUT2D eigenvalue weighted by Crippen LogP contribution is -2.48. The summed E-state index contributed by atoms with van der Waals surface area (Å²) in [5, 5.41) is 91.6. The molecule has 0 amide bonds. The molecular formula is C13H32N2O10. The van der Waals surface area contributed by atoms with Crippen LogP contribution >= 0.6 is 0 Å². The second-order valence-corrected chi connectivity index (χ2v) is 5.39. The first-order valence-electron chi connectivity index (χ1n) is 7.59. The van der Waals surface area contributed by atoms with Gasteiger partial charge in [-0.3, -0.25) is 0 Å². The van der Waals surface area contributed by atoms with Crippen LogP contribution in [-0.2, 0) is 0 Å². The van der Waals surface area contributed by atoms with Crippen molar-refractivity contribution in [1.82, 2.24) is 5.32 Å². The number of rotatable bonds is 11. The molecule has 0 saturated heterocycles. The molecule has 25 heavy (non-hydrogen) atoms. The molecule has 0 spiro atoms. The summed E-state index contributed by atoms with van der Waals surface area (Å²) in [7, 11) is 1.57. The second-order valence-electron chi connectivity index (χ2n) is 5.39. The Bertz CT molecular complexity index is 301. The Balaban J connectivity index is 0. The molecule has 0 saturated carbocycles. The second kappa shape index (κ2) is 14.7. The molecule has 0 fully saturated rings. The third-order valence-corrected chi connectivity index (χ3v) is 3.31. The monoisotopic (exact) mass is 376 g/mol. The summed E-state index contributed by atoms with van der Waals surface area (Å²) < 4.78 is 0. The molecular weight excluding hydrogens is 344 g/mol. The van der Waals surface area contributed by atoms with E-state index in [2.05, 4.69) is 5.32 Å². The van der Waals surface area contributed by atoms with Crippen LogP contribution in [0.4, 0.5) is 0 Å². The highest BCUT2D eigenvalue weighted by Gasteiger charge is 2.29. The van der Waals surface area contributed by atoms with Crippen LogP contribution in [-0.4, -0.2) is 133 Å². The molecule has 154 valence electrons. The number of hydrogen-bond acceptors (Lipinski definition) is 12. The van der Waals surface area contributed by atoms with Gasteiger partial charge in [0.25, 0.3) is 0 Å².